The number of nitrogens with zero attached hydrogens (tertiary/aromatic N) is 1. The minimum Gasteiger partial charge on any atom is -0.379 e. The standard InChI is InChI=1S/C14H27N3O2/c1-11-8-12(10-13(15)9-11)14(18)16-2-3-17-4-6-19-7-5-17/h11-13H,2-10,15H2,1H3,(H,16,18). The lowest BCUT2D eigenvalue weighted by Gasteiger charge is -2.31. The summed E-state index contributed by atoms with van der Waals surface area (Å²) in [5, 5.41) is 3.06. The first-order valence-electron chi connectivity index (χ1n) is 7.48. The summed E-state index contributed by atoms with van der Waals surface area (Å²) in [6.07, 6.45) is 2.88. The molecule has 1 amide bonds. The number of morpholine rings is 1. The molecule has 0 bridgehead atoms. The van der Waals surface area contributed by atoms with E-state index >= 15 is 0 Å². The predicted molar refractivity (Wildman–Crippen MR) is 74.7 cm³/mol. The summed E-state index contributed by atoms with van der Waals surface area (Å²) in [5.41, 5.74) is 6.00. The first kappa shape index (κ1) is 14.8. The fourth-order valence-corrected chi connectivity index (χ4v) is 3.18. The van der Waals surface area contributed by atoms with Crippen LogP contribution in [0.2, 0.25) is 0 Å². The number of rotatable bonds is 4. The lowest BCUT2D eigenvalue weighted by molar-refractivity contribution is -0.126. The largest absolute Gasteiger partial charge is 0.379 e. The van der Waals surface area contributed by atoms with Crippen LogP contribution in [0.5, 0.6) is 0 Å². The number of hydrogen-bond donors (Lipinski definition) is 2. The van der Waals surface area contributed by atoms with E-state index in [1.807, 2.05) is 0 Å². The molecule has 3 unspecified atom stereocenters. The molecular weight excluding hydrogens is 242 g/mol. The maximum Gasteiger partial charge on any atom is 0.223 e. The topological polar surface area (TPSA) is 67.6 Å². The Bertz CT molecular complexity index is 282. The van der Waals surface area contributed by atoms with Gasteiger partial charge in [-0.1, -0.05) is 6.92 Å². The molecule has 0 aromatic heterocycles. The van der Waals surface area contributed by atoms with Crippen LogP contribution in [0.3, 0.4) is 0 Å². The van der Waals surface area contributed by atoms with Crippen LogP contribution >= 0.6 is 0 Å². The molecular formula is C14H27N3O2. The van der Waals surface area contributed by atoms with Crippen molar-refractivity contribution < 1.29 is 9.53 Å². The van der Waals surface area contributed by atoms with Gasteiger partial charge in [-0.15, -0.1) is 0 Å². The molecule has 0 radical (unpaired) electrons. The summed E-state index contributed by atoms with van der Waals surface area (Å²) in [7, 11) is 0. The van der Waals surface area contributed by atoms with E-state index in [1.54, 1.807) is 0 Å². The van der Waals surface area contributed by atoms with Crippen LogP contribution in [0.15, 0.2) is 0 Å². The van der Waals surface area contributed by atoms with Gasteiger partial charge in [-0.25, -0.2) is 0 Å². The first-order valence-corrected chi connectivity index (χ1v) is 7.48. The molecule has 1 heterocycles. The van der Waals surface area contributed by atoms with Crippen LogP contribution < -0.4 is 11.1 Å². The van der Waals surface area contributed by atoms with Gasteiger partial charge in [0.2, 0.25) is 5.91 Å². The summed E-state index contributed by atoms with van der Waals surface area (Å²) < 4.78 is 5.30. The monoisotopic (exact) mass is 269 g/mol. The van der Waals surface area contributed by atoms with E-state index in [0.29, 0.717) is 5.92 Å². The number of carbonyl (C=O) groups is 1. The molecule has 1 saturated carbocycles. The van der Waals surface area contributed by atoms with Crippen LogP contribution in [0, 0.1) is 11.8 Å². The molecule has 1 aliphatic carbocycles. The molecule has 0 spiro atoms. The van der Waals surface area contributed by atoms with Crippen molar-refractivity contribution in [3.05, 3.63) is 0 Å². The van der Waals surface area contributed by atoms with Crippen molar-refractivity contribution in [3.8, 4) is 0 Å². The highest BCUT2D eigenvalue weighted by Crippen LogP contribution is 2.27. The predicted octanol–water partition coefficient (Wildman–Crippen LogP) is 0.198. The fourth-order valence-electron chi connectivity index (χ4n) is 3.18. The molecule has 3 atom stereocenters. The molecule has 1 saturated heterocycles. The van der Waals surface area contributed by atoms with Crippen LogP contribution in [0.4, 0.5) is 0 Å². The van der Waals surface area contributed by atoms with Gasteiger partial charge in [0.25, 0.3) is 0 Å². The van der Waals surface area contributed by atoms with Crippen molar-refractivity contribution in [2.75, 3.05) is 39.4 Å². The van der Waals surface area contributed by atoms with Crippen LogP contribution in [0.25, 0.3) is 0 Å². The molecule has 1 aliphatic heterocycles. The minimum absolute atomic E-state index is 0.114. The van der Waals surface area contributed by atoms with E-state index in [1.165, 1.54) is 0 Å². The van der Waals surface area contributed by atoms with Gasteiger partial charge < -0.3 is 15.8 Å². The van der Waals surface area contributed by atoms with E-state index in [-0.39, 0.29) is 17.9 Å². The van der Waals surface area contributed by atoms with E-state index in [0.717, 1.165) is 58.7 Å². The second-order valence-corrected chi connectivity index (χ2v) is 6.01. The second kappa shape index (κ2) is 7.22. The zero-order valence-corrected chi connectivity index (χ0v) is 11.9. The third kappa shape index (κ3) is 4.75. The van der Waals surface area contributed by atoms with Gasteiger partial charge in [-0.05, 0) is 25.2 Å². The Labute approximate surface area is 115 Å². The molecule has 2 fully saturated rings. The Morgan fingerprint density at radius 3 is 2.74 bits per heavy atom. The van der Waals surface area contributed by atoms with Crippen molar-refractivity contribution in [1.82, 2.24) is 10.2 Å². The number of nitrogens with one attached hydrogen (secondary N) is 1. The van der Waals surface area contributed by atoms with E-state index < -0.39 is 0 Å². The molecule has 5 nitrogen and oxygen atoms in total. The molecule has 3 N–H and O–H groups in total. The first-order chi connectivity index (χ1) is 9.15. The number of amides is 1. The van der Waals surface area contributed by atoms with Crippen molar-refractivity contribution in [2.45, 2.75) is 32.2 Å². The van der Waals surface area contributed by atoms with E-state index in [2.05, 4.69) is 17.1 Å². The molecule has 0 aromatic carbocycles. The molecule has 19 heavy (non-hydrogen) atoms. The Kier molecular flexibility index (Phi) is 5.60. The Morgan fingerprint density at radius 1 is 1.32 bits per heavy atom. The quantitative estimate of drug-likeness (QED) is 0.765. The van der Waals surface area contributed by atoms with Gasteiger partial charge in [-0.2, -0.15) is 0 Å². The zero-order chi connectivity index (χ0) is 13.7. The summed E-state index contributed by atoms with van der Waals surface area (Å²) in [4.78, 5) is 14.5. The van der Waals surface area contributed by atoms with Crippen LogP contribution in [-0.2, 0) is 9.53 Å². The second-order valence-electron chi connectivity index (χ2n) is 6.01. The SMILES string of the molecule is CC1CC(N)CC(C(=O)NCCN2CCOCC2)C1. The van der Waals surface area contributed by atoms with Crippen molar-refractivity contribution in [2.24, 2.45) is 17.6 Å². The smallest absolute Gasteiger partial charge is 0.223 e. The highest BCUT2D eigenvalue weighted by atomic mass is 16.5. The Balaban J connectivity index is 1.65. The van der Waals surface area contributed by atoms with Crippen molar-refractivity contribution in [3.63, 3.8) is 0 Å². The molecule has 5 heteroatoms. The Hall–Kier alpha value is -0.650. The summed E-state index contributed by atoms with van der Waals surface area (Å²) in [5.74, 6) is 0.873. The maximum absolute atomic E-state index is 12.1. The average Bonchev–Trinajstić information content (AvgIpc) is 2.38. The fraction of sp³-hybridized carbons (Fsp3) is 0.929. The van der Waals surface area contributed by atoms with Crippen LogP contribution in [0.1, 0.15) is 26.2 Å². The summed E-state index contributed by atoms with van der Waals surface area (Å²) >= 11 is 0. The normalized spacial score (nSPS) is 33.1. The summed E-state index contributed by atoms with van der Waals surface area (Å²) in [6.45, 7) is 7.41. The van der Waals surface area contributed by atoms with E-state index in [9.17, 15) is 4.79 Å². The third-order valence-corrected chi connectivity index (χ3v) is 4.18. The van der Waals surface area contributed by atoms with Gasteiger partial charge in [0.1, 0.15) is 0 Å². The molecule has 110 valence electrons. The molecule has 2 rings (SSSR count). The Morgan fingerprint density at radius 2 is 2.05 bits per heavy atom. The van der Waals surface area contributed by atoms with E-state index in [4.69, 9.17) is 10.5 Å². The lowest BCUT2D eigenvalue weighted by atomic mass is 9.79. The van der Waals surface area contributed by atoms with Gasteiger partial charge >= 0.3 is 0 Å². The zero-order valence-electron chi connectivity index (χ0n) is 11.9. The average molecular weight is 269 g/mol. The lowest BCUT2D eigenvalue weighted by Crippen LogP contribution is -2.44. The summed E-state index contributed by atoms with van der Waals surface area (Å²) in [6, 6.07) is 0.193. The molecule has 0 aromatic rings. The highest BCUT2D eigenvalue weighted by molar-refractivity contribution is 5.78. The number of ether oxygens (including phenoxy) is 1. The van der Waals surface area contributed by atoms with Gasteiger partial charge in [0.15, 0.2) is 0 Å². The minimum atomic E-state index is 0.114. The maximum atomic E-state index is 12.1. The van der Waals surface area contributed by atoms with Crippen molar-refractivity contribution >= 4 is 5.91 Å². The van der Waals surface area contributed by atoms with Crippen molar-refractivity contribution in [1.29, 1.82) is 0 Å². The molecule has 2 aliphatic rings. The van der Waals surface area contributed by atoms with Crippen LogP contribution in [-0.4, -0.2) is 56.2 Å². The van der Waals surface area contributed by atoms with Gasteiger partial charge in [-0.3, -0.25) is 9.69 Å². The number of hydrogen-bond acceptors (Lipinski definition) is 4. The number of carbonyl (C=O) groups excluding carboxylic acids is 1. The third-order valence-electron chi connectivity index (χ3n) is 4.18. The van der Waals surface area contributed by atoms with Gasteiger partial charge in [0, 0.05) is 38.1 Å². The highest BCUT2D eigenvalue weighted by Gasteiger charge is 2.29. The number of nitrogens with two attached hydrogens (primary N) is 1. The van der Waals surface area contributed by atoms with Gasteiger partial charge in [0.05, 0.1) is 13.2 Å².